The number of aliphatic hydroxyl groups is 6. The summed E-state index contributed by atoms with van der Waals surface area (Å²) in [5.41, 5.74) is 9.92. The smallest absolute Gasteiger partial charge is 0.334 e. The molecule has 7 aliphatic heterocycles. The molecular weight excluding hydrogens is 1640 g/mol. The summed E-state index contributed by atoms with van der Waals surface area (Å²) in [5.74, 6) is -18.1. The number of halogens is 3. The molecule has 0 saturated carbocycles. The van der Waals surface area contributed by atoms with Crippen LogP contribution in [0, 0.1) is 5.92 Å². The van der Waals surface area contributed by atoms with Gasteiger partial charge in [-0.2, -0.15) is 0 Å². The number of ether oxygens (including phenoxy) is 7. The standard InChI is InChI=1S/C81H86Cl3N9O27/c1-32(2)19-47(85)73(105)92-63-65(99)38-12-17-51(45(83)21-38)116-53-23-40-24-54(69(53)120-80-70(68(102)67(101)56(30-94)118-80)119-58-28-81(4,71(103)33(3)115-58)87-29-55(78(110)111)114-31-34-5-7-35(8-6-34)36-9-14-41(82)15-10-36)117-52-18-13-39(22-46(52)84)66(100)64-77(109)91-62(79(112)113)44-25-42(95)26-50(97)59(44)43-20-37(11-16-49(43)96)60(74(106)93-64)90-75(107)61(40)89-57(98)27-48(72(86)104)88-76(63)108/h5-18,20-26,32-33,47-48,55-56,58,60-68,70-71,80,87,94-97,99-103H,19,27-31,85H2,1-4H3,(H2,86,104)(H,88,108)(H,89,98)(H,90,107)(H,91,109)(H,92,105)(H,93,106)(H,110,111)(H,112,113)/t33?,47-,48?,55?,56?,58?,60?,61-,62-,63?,64+,65-,66-,67?,68?,70?,71?,80?,81?/m1/s1. The first-order valence-electron chi connectivity index (χ1n) is 37.6. The summed E-state index contributed by atoms with van der Waals surface area (Å²) < 4.78 is 45.1. The van der Waals surface area contributed by atoms with Gasteiger partial charge in [-0.3, -0.25) is 33.6 Å². The summed E-state index contributed by atoms with van der Waals surface area (Å²) in [4.78, 5) is 130. The van der Waals surface area contributed by atoms with Gasteiger partial charge in [-0.25, -0.2) is 9.59 Å². The van der Waals surface area contributed by atoms with Crippen molar-refractivity contribution in [3.63, 3.8) is 0 Å². The minimum atomic E-state index is -2.34. The molecule has 7 aliphatic rings. The van der Waals surface area contributed by atoms with Crippen LogP contribution in [0.15, 0.2) is 127 Å². The highest BCUT2D eigenvalue weighted by Crippen LogP contribution is 2.50. The Bertz CT molecular complexity index is 5090. The molecule has 13 unspecified atom stereocenters. The molecule has 2 fully saturated rings. The van der Waals surface area contributed by atoms with Gasteiger partial charge >= 0.3 is 11.9 Å². The van der Waals surface area contributed by atoms with Crippen LogP contribution in [0.2, 0.25) is 15.1 Å². The van der Waals surface area contributed by atoms with E-state index in [4.69, 9.17) is 79.4 Å². The zero-order valence-electron chi connectivity index (χ0n) is 64.1. The molecule has 0 radical (unpaired) electrons. The number of nitrogens with two attached hydrogens (primary N) is 2. The van der Waals surface area contributed by atoms with E-state index in [-0.39, 0.29) is 42.1 Å². The number of carboxylic acids is 2. The molecule has 7 aromatic rings. The molecule has 638 valence electrons. The van der Waals surface area contributed by atoms with Gasteiger partial charge in [-0.05, 0) is 132 Å². The summed E-state index contributed by atoms with van der Waals surface area (Å²) in [7, 11) is 0. The van der Waals surface area contributed by atoms with Crippen molar-refractivity contribution in [3.05, 3.63) is 176 Å². The monoisotopic (exact) mass is 1720 g/mol. The molecular formula is C81H86Cl3N9O27. The molecule has 0 spiro atoms. The molecule has 7 heterocycles. The number of rotatable bonds is 19. The maximum atomic E-state index is 16.1. The number of phenolic OH excluding ortho intramolecular Hbond substituents is 3. The van der Waals surface area contributed by atoms with E-state index in [0.717, 1.165) is 83.9 Å². The molecule has 7 amide bonds. The van der Waals surface area contributed by atoms with Crippen molar-refractivity contribution in [2.75, 3.05) is 13.2 Å². The summed E-state index contributed by atoms with van der Waals surface area (Å²) in [6, 6.07) is 13.0. The second kappa shape index (κ2) is 36.9. The van der Waals surface area contributed by atoms with E-state index in [1.807, 2.05) is 24.3 Å². The number of aliphatic hydroxyl groups excluding tert-OH is 6. The van der Waals surface area contributed by atoms with Crippen molar-refractivity contribution in [3.8, 4) is 68.2 Å². The third-order valence-corrected chi connectivity index (χ3v) is 21.8. The predicted molar refractivity (Wildman–Crippen MR) is 421 cm³/mol. The summed E-state index contributed by atoms with van der Waals surface area (Å²) >= 11 is 20.3. The zero-order valence-corrected chi connectivity index (χ0v) is 66.3. The van der Waals surface area contributed by atoms with Crippen LogP contribution in [0.25, 0.3) is 22.3 Å². The first-order chi connectivity index (χ1) is 56.9. The molecule has 14 rings (SSSR count). The number of benzene rings is 7. The Hall–Kier alpha value is -11.0. The summed E-state index contributed by atoms with van der Waals surface area (Å²) in [6.45, 7) is 4.86. The quantitative estimate of drug-likeness (QED) is 0.0551. The van der Waals surface area contributed by atoms with E-state index in [2.05, 4.69) is 37.2 Å². The average molecular weight is 1720 g/mol. The number of amides is 7. The first kappa shape index (κ1) is 88.3. The van der Waals surface area contributed by atoms with Crippen molar-refractivity contribution >= 4 is 88.1 Å². The SMILES string of the molecule is CC(C)C[C@@H](N)C(=O)NC1C(=O)NC(C(N)=O)CC(=O)N[C@H]2C(=O)NC3C(=O)N[C@H](C(=O)N[C@@H](C(=O)O)c4cc(O)cc(O)c4-c4cc3ccc4O)[C@H](O)c3ccc(c(Cl)c3)Oc3cc2cc(c3OC2OC(CO)C(O)C(O)C2OC2CC(C)(NCC(OCc3ccc(-c4ccc(Cl)cc4)cc3)C(=O)O)C(O)C(C)O2)Oc2ccc(cc2Cl)[C@H]1O. The lowest BCUT2D eigenvalue weighted by atomic mass is 9.84. The lowest BCUT2D eigenvalue weighted by molar-refractivity contribution is -0.334. The maximum Gasteiger partial charge on any atom is 0.334 e. The van der Waals surface area contributed by atoms with E-state index in [0.29, 0.717) is 10.6 Å². The maximum absolute atomic E-state index is 16.1. The fraction of sp³-hybridized carbons (Fsp3) is 0.370. The molecule has 11 bridgehead atoms. The number of hydrogen-bond donors (Lipinski definition) is 20. The first-order valence-corrected chi connectivity index (χ1v) is 38.7. The van der Waals surface area contributed by atoms with Crippen LogP contribution in [0.4, 0.5) is 0 Å². The normalized spacial score (nSPS) is 26.9. The van der Waals surface area contributed by atoms with Gasteiger partial charge in [-0.15, -0.1) is 0 Å². The topological polar surface area (TPSA) is 577 Å². The van der Waals surface area contributed by atoms with Gasteiger partial charge in [-0.1, -0.05) is 103 Å². The fourth-order valence-corrected chi connectivity index (χ4v) is 15.2. The van der Waals surface area contributed by atoms with Crippen LogP contribution in [0.3, 0.4) is 0 Å². The molecule has 19 atom stereocenters. The van der Waals surface area contributed by atoms with E-state index in [1.165, 1.54) is 19.9 Å². The van der Waals surface area contributed by atoms with Crippen LogP contribution in [-0.4, -0.2) is 208 Å². The van der Waals surface area contributed by atoms with Crippen LogP contribution in [0.5, 0.6) is 46.0 Å². The highest BCUT2D eigenvalue weighted by molar-refractivity contribution is 6.32. The van der Waals surface area contributed by atoms with Gasteiger partial charge in [0.15, 0.2) is 36.0 Å². The van der Waals surface area contributed by atoms with Crippen molar-refractivity contribution in [1.29, 1.82) is 0 Å². The third-order valence-electron chi connectivity index (χ3n) is 21.0. The Kier molecular flexibility index (Phi) is 27.1. The largest absolute Gasteiger partial charge is 0.508 e. The Balaban J connectivity index is 0.998. The lowest BCUT2D eigenvalue weighted by Crippen LogP contribution is -2.66. The number of nitrogens with one attached hydrogen (secondary N) is 7. The van der Waals surface area contributed by atoms with E-state index < -0.39 is 267 Å². The van der Waals surface area contributed by atoms with Gasteiger partial charge in [0.25, 0.3) is 0 Å². The summed E-state index contributed by atoms with van der Waals surface area (Å²) in [6.07, 6.45) is -21.7. The van der Waals surface area contributed by atoms with Crippen LogP contribution in [0.1, 0.15) is 111 Å². The summed E-state index contributed by atoms with van der Waals surface area (Å²) in [5, 5.41) is 144. The number of carbonyl (C=O) groups is 9. The highest BCUT2D eigenvalue weighted by atomic mass is 35.5. The number of hydrogen-bond acceptors (Lipinski definition) is 27. The third kappa shape index (κ3) is 19.5. The molecule has 36 nitrogen and oxygen atoms in total. The Labute approximate surface area is 697 Å². The number of aliphatic carboxylic acids is 2. The van der Waals surface area contributed by atoms with Gasteiger partial charge in [0.2, 0.25) is 53.4 Å². The van der Waals surface area contributed by atoms with Crippen LogP contribution in [-0.2, 0) is 68.7 Å². The van der Waals surface area contributed by atoms with E-state index >= 15 is 14.4 Å². The van der Waals surface area contributed by atoms with Gasteiger partial charge < -0.3 is 138 Å². The molecule has 2 saturated heterocycles. The molecule has 120 heavy (non-hydrogen) atoms. The minimum Gasteiger partial charge on any atom is -0.508 e. The van der Waals surface area contributed by atoms with Crippen molar-refractivity contribution in [1.82, 2.24) is 37.2 Å². The van der Waals surface area contributed by atoms with Gasteiger partial charge in [0, 0.05) is 46.3 Å². The van der Waals surface area contributed by atoms with Crippen LogP contribution >= 0.6 is 34.8 Å². The minimum absolute atomic E-state index is 0.0655. The second-order valence-electron chi connectivity index (χ2n) is 30.1. The predicted octanol–water partition coefficient (Wildman–Crippen LogP) is 3.47. The van der Waals surface area contributed by atoms with Crippen molar-refractivity contribution in [2.24, 2.45) is 17.4 Å². The van der Waals surface area contributed by atoms with Crippen molar-refractivity contribution < 1.29 is 132 Å². The van der Waals surface area contributed by atoms with E-state index in [1.54, 1.807) is 38.1 Å². The Morgan fingerprint density at radius 2 is 1.27 bits per heavy atom. The lowest BCUT2D eigenvalue weighted by Gasteiger charge is -2.48. The number of carbonyl (C=O) groups excluding carboxylic acids is 7. The number of primary amides is 1. The second-order valence-corrected chi connectivity index (χ2v) is 31.4. The number of fused-ring (bicyclic) bond motifs is 16. The zero-order chi connectivity index (χ0) is 86.8. The van der Waals surface area contributed by atoms with Gasteiger partial charge in [0.1, 0.15) is 89.5 Å². The molecule has 7 aromatic carbocycles. The highest BCUT2D eigenvalue weighted by Gasteiger charge is 2.53. The van der Waals surface area contributed by atoms with E-state index in [9.17, 15) is 84.9 Å². The number of phenols is 3. The molecule has 0 aliphatic carbocycles. The van der Waals surface area contributed by atoms with Gasteiger partial charge in [0.05, 0.1) is 47.9 Å². The average Bonchev–Trinajstić information content (AvgIpc) is 0.836. The fourth-order valence-electron chi connectivity index (χ4n) is 14.6. The number of carboxylic acid groups (broad SMARTS) is 2. The molecule has 39 heteroatoms. The number of aromatic hydroxyl groups is 3. The van der Waals surface area contributed by atoms with Crippen molar-refractivity contribution in [2.45, 2.75) is 169 Å². The molecule has 22 N–H and O–H groups in total. The Morgan fingerprint density at radius 3 is 1.88 bits per heavy atom. The molecule has 0 aromatic heterocycles. The van der Waals surface area contributed by atoms with Crippen LogP contribution < -0.4 is 62.9 Å². The Morgan fingerprint density at radius 1 is 0.667 bits per heavy atom.